The maximum atomic E-state index is 12.0. The Hall–Kier alpha value is -6.01. The molecule has 0 amide bonds. The third-order valence-electron chi connectivity index (χ3n) is 8.41. The molecule has 0 N–H and O–H groups in total. The van der Waals surface area contributed by atoms with E-state index >= 15 is 0 Å². The van der Waals surface area contributed by atoms with Gasteiger partial charge in [0, 0.05) is 0 Å². The summed E-state index contributed by atoms with van der Waals surface area (Å²) in [6.07, 6.45) is -0.766. The quantitative estimate of drug-likeness (QED) is 0.0759. The van der Waals surface area contributed by atoms with Gasteiger partial charge in [-0.05, 0) is 81.9 Å². The Morgan fingerprint density at radius 2 is 0.812 bits per heavy atom. The molecule has 238 valence electrons. The number of carbonyl (C=O) groups excluding carboxylic acids is 1. The fraction of sp³-hybridized carbons (Fsp3) is 0.119. The van der Waals surface area contributed by atoms with Gasteiger partial charge in [-0.15, -0.1) is 0 Å². The molecule has 0 aromatic heterocycles. The van der Waals surface area contributed by atoms with Crippen molar-refractivity contribution in [2.45, 2.75) is 5.41 Å². The van der Waals surface area contributed by atoms with Crippen molar-refractivity contribution in [3.05, 3.63) is 180 Å². The summed E-state index contributed by atoms with van der Waals surface area (Å²) in [6.45, 7) is 1.14. The molecule has 6 nitrogen and oxygen atoms in total. The van der Waals surface area contributed by atoms with Gasteiger partial charge in [0.05, 0.1) is 5.41 Å². The molecule has 0 fully saturated rings. The van der Waals surface area contributed by atoms with E-state index in [0.717, 1.165) is 22.6 Å². The number of para-hydroxylation sites is 2. The van der Waals surface area contributed by atoms with Crippen LogP contribution >= 0.6 is 0 Å². The van der Waals surface area contributed by atoms with Crippen LogP contribution in [0.25, 0.3) is 11.1 Å². The van der Waals surface area contributed by atoms with Crippen LogP contribution in [-0.2, 0) is 10.2 Å². The summed E-state index contributed by atoms with van der Waals surface area (Å²) in [7, 11) is 0. The highest BCUT2D eigenvalue weighted by Crippen LogP contribution is 2.56. The van der Waals surface area contributed by atoms with Crippen molar-refractivity contribution in [1.29, 1.82) is 0 Å². The molecule has 6 aromatic rings. The highest BCUT2D eigenvalue weighted by atomic mass is 16.7. The van der Waals surface area contributed by atoms with Crippen molar-refractivity contribution in [3.63, 3.8) is 0 Å². The molecule has 0 aliphatic heterocycles. The lowest BCUT2D eigenvalue weighted by molar-refractivity contribution is 0.0848. The normalized spacial score (nSPS) is 12.3. The fourth-order valence-electron chi connectivity index (χ4n) is 6.36. The third-order valence-corrected chi connectivity index (χ3v) is 8.41. The predicted octanol–water partition coefficient (Wildman–Crippen LogP) is 9.10. The molecule has 0 saturated carbocycles. The monoisotopic (exact) mass is 634 g/mol. The van der Waals surface area contributed by atoms with Crippen LogP contribution in [0.2, 0.25) is 0 Å². The average Bonchev–Trinajstić information content (AvgIpc) is 3.44. The van der Waals surface area contributed by atoms with Gasteiger partial charge in [0.25, 0.3) is 0 Å². The van der Waals surface area contributed by atoms with Gasteiger partial charge >= 0.3 is 6.16 Å². The Bertz CT molecular complexity index is 1910. The van der Waals surface area contributed by atoms with E-state index in [1.165, 1.54) is 22.3 Å². The molecular weight excluding hydrogens is 600 g/mol. The van der Waals surface area contributed by atoms with Crippen molar-refractivity contribution in [2.75, 3.05) is 26.4 Å². The van der Waals surface area contributed by atoms with Crippen molar-refractivity contribution in [2.24, 2.45) is 0 Å². The van der Waals surface area contributed by atoms with E-state index < -0.39 is 11.6 Å². The van der Waals surface area contributed by atoms with Crippen LogP contribution < -0.4 is 18.9 Å². The summed E-state index contributed by atoms with van der Waals surface area (Å²) < 4.78 is 28.1. The van der Waals surface area contributed by atoms with E-state index in [1.54, 1.807) is 24.3 Å². The predicted molar refractivity (Wildman–Crippen MR) is 185 cm³/mol. The maximum Gasteiger partial charge on any atom is 0.513 e. The second kappa shape index (κ2) is 14.2. The van der Waals surface area contributed by atoms with Crippen LogP contribution in [0.4, 0.5) is 4.79 Å². The molecular formula is C42H34O6. The van der Waals surface area contributed by atoms with Crippen LogP contribution in [-0.4, -0.2) is 32.6 Å². The molecule has 7 rings (SSSR count). The Morgan fingerprint density at radius 1 is 0.417 bits per heavy atom. The van der Waals surface area contributed by atoms with E-state index in [-0.39, 0.29) is 13.2 Å². The number of carbonyl (C=O) groups is 1. The Balaban J connectivity index is 1.09. The van der Waals surface area contributed by atoms with Crippen molar-refractivity contribution in [1.82, 2.24) is 0 Å². The van der Waals surface area contributed by atoms with Gasteiger partial charge < -0.3 is 23.7 Å². The van der Waals surface area contributed by atoms with Crippen molar-refractivity contribution >= 4 is 6.16 Å². The Morgan fingerprint density at radius 3 is 1.31 bits per heavy atom. The maximum absolute atomic E-state index is 12.0. The Kier molecular flexibility index (Phi) is 9.05. The summed E-state index contributed by atoms with van der Waals surface area (Å²) in [5, 5.41) is 0. The summed E-state index contributed by atoms with van der Waals surface area (Å²) in [5.41, 5.74) is 6.56. The molecule has 1 aliphatic rings. The SMILES string of the molecule is O=C(OCCOc1ccc(C2(c3ccc(OCCOc4ccccc4)cc3)c3ccccc3-c3ccccc32)cc1)Oc1ccccc1. The zero-order valence-corrected chi connectivity index (χ0v) is 26.3. The number of ether oxygens (including phenoxy) is 5. The summed E-state index contributed by atoms with van der Waals surface area (Å²) in [6, 6.07) is 52.3. The van der Waals surface area contributed by atoms with Crippen LogP contribution in [0.1, 0.15) is 22.3 Å². The van der Waals surface area contributed by atoms with Gasteiger partial charge in [-0.3, -0.25) is 0 Å². The second-order valence-electron chi connectivity index (χ2n) is 11.3. The van der Waals surface area contributed by atoms with Crippen LogP contribution in [0.5, 0.6) is 23.0 Å². The van der Waals surface area contributed by atoms with Gasteiger partial charge in [-0.25, -0.2) is 4.79 Å². The van der Waals surface area contributed by atoms with Gasteiger partial charge in [0.2, 0.25) is 0 Å². The van der Waals surface area contributed by atoms with Gasteiger partial charge in [-0.2, -0.15) is 0 Å². The minimum Gasteiger partial charge on any atom is -0.490 e. The highest BCUT2D eigenvalue weighted by molar-refractivity contribution is 5.86. The molecule has 0 atom stereocenters. The Labute approximate surface area is 280 Å². The number of hydrogen-bond acceptors (Lipinski definition) is 6. The number of benzene rings is 6. The minimum atomic E-state index is -0.766. The van der Waals surface area contributed by atoms with Gasteiger partial charge in [-0.1, -0.05) is 109 Å². The van der Waals surface area contributed by atoms with Crippen LogP contribution in [0.3, 0.4) is 0 Å². The summed E-state index contributed by atoms with van der Waals surface area (Å²) >= 11 is 0. The van der Waals surface area contributed by atoms with Gasteiger partial charge in [0.15, 0.2) is 0 Å². The number of fused-ring (bicyclic) bond motifs is 3. The lowest BCUT2D eigenvalue weighted by Gasteiger charge is -2.34. The van der Waals surface area contributed by atoms with E-state index in [0.29, 0.717) is 24.7 Å². The first kappa shape index (κ1) is 30.6. The summed E-state index contributed by atoms with van der Waals surface area (Å²) in [5.74, 6) is 2.71. The molecule has 0 radical (unpaired) electrons. The fourth-order valence-corrected chi connectivity index (χ4v) is 6.36. The first-order chi connectivity index (χ1) is 23.7. The molecule has 0 spiro atoms. The van der Waals surface area contributed by atoms with Crippen molar-refractivity contribution < 1.29 is 28.5 Å². The standard InChI is InChI=1S/C42H34O6/c43-41(48-36-13-5-2-6-14-36)47-30-29-46-35-25-21-32(22-26-35)42(39-17-9-7-15-37(39)38-16-8-10-18-40(38)42)31-19-23-34(24-20-31)45-28-27-44-33-11-3-1-4-12-33/h1-26H,27-30H2. The first-order valence-corrected chi connectivity index (χ1v) is 16.0. The topological polar surface area (TPSA) is 63.2 Å². The van der Waals surface area contributed by atoms with E-state index in [4.69, 9.17) is 23.7 Å². The minimum absolute atomic E-state index is 0.0604. The lowest BCUT2D eigenvalue weighted by Crippen LogP contribution is -2.28. The second-order valence-corrected chi connectivity index (χ2v) is 11.3. The molecule has 6 aromatic carbocycles. The van der Waals surface area contributed by atoms with E-state index in [1.807, 2.05) is 60.7 Å². The van der Waals surface area contributed by atoms with E-state index in [9.17, 15) is 4.79 Å². The molecule has 0 heterocycles. The molecule has 0 saturated heterocycles. The molecule has 0 unspecified atom stereocenters. The largest absolute Gasteiger partial charge is 0.513 e. The highest BCUT2D eigenvalue weighted by Gasteiger charge is 2.45. The van der Waals surface area contributed by atoms with Crippen LogP contribution in [0, 0.1) is 0 Å². The smallest absolute Gasteiger partial charge is 0.490 e. The zero-order valence-electron chi connectivity index (χ0n) is 26.3. The van der Waals surface area contributed by atoms with Crippen molar-refractivity contribution in [3.8, 4) is 34.1 Å². The number of hydrogen-bond donors (Lipinski definition) is 0. The average molecular weight is 635 g/mol. The lowest BCUT2D eigenvalue weighted by atomic mass is 9.68. The molecule has 1 aliphatic carbocycles. The third kappa shape index (κ3) is 6.33. The van der Waals surface area contributed by atoms with Gasteiger partial charge in [0.1, 0.15) is 49.4 Å². The first-order valence-electron chi connectivity index (χ1n) is 16.0. The number of rotatable bonds is 12. The molecule has 6 heteroatoms. The summed E-state index contributed by atoms with van der Waals surface area (Å²) in [4.78, 5) is 12.0. The molecule has 48 heavy (non-hydrogen) atoms. The van der Waals surface area contributed by atoms with E-state index in [2.05, 4.69) is 72.8 Å². The zero-order chi connectivity index (χ0) is 32.6. The molecule has 0 bridgehead atoms. The van der Waals surface area contributed by atoms with Crippen LogP contribution in [0.15, 0.2) is 158 Å².